The highest BCUT2D eigenvalue weighted by Gasteiger charge is 2.12. The Morgan fingerprint density at radius 2 is 1.85 bits per heavy atom. The van der Waals surface area contributed by atoms with Gasteiger partial charge in [-0.25, -0.2) is 9.97 Å². The lowest BCUT2D eigenvalue weighted by molar-refractivity contribution is 0.190. The number of anilines is 2. The first kappa shape index (κ1) is 16.7. The summed E-state index contributed by atoms with van der Waals surface area (Å²) in [5.74, 6) is 2.74. The number of hydrogen-bond donors (Lipinski definition) is 2. The van der Waals surface area contributed by atoms with Crippen LogP contribution in [0.5, 0.6) is 0 Å². The van der Waals surface area contributed by atoms with Crippen LogP contribution in [0.4, 0.5) is 11.6 Å². The number of ether oxygens (including phenoxy) is 1. The van der Waals surface area contributed by atoms with Crippen LogP contribution in [0.25, 0.3) is 0 Å². The topological polar surface area (TPSA) is 59.1 Å². The number of methoxy groups -OCH3 is 1. The highest BCUT2D eigenvalue weighted by Crippen LogP contribution is 2.21. The summed E-state index contributed by atoms with van der Waals surface area (Å²) in [7, 11) is 1.71. The number of aromatic nitrogens is 2. The molecular formula is C15H28N4O. The zero-order valence-electron chi connectivity index (χ0n) is 13.4. The average Bonchev–Trinajstić information content (AvgIpc) is 2.41. The van der Waals surface area contributed by atoms with Gasteiger partial charge in [-0.15, -0.1) is 0 Å². The second kappa shape index (κ2) is 8.74. The van der Waals surface area contributed by atoms with Crippen LogP contribution in [0, 0.1) is 6.92 Å². The van der Waals surface area contributed by atoms with Crippen LogP contribution in [0.1, 0.15) is 45.0 Å². The van der Waals surface area contributed by atoms with E-state index in [4.69, 9.17) is 4.74 Å². The summed E-state index contributed by atoms with van der Waals surface area (Å²) in [6, 6.07) is 0.224. The summed E-state index contributed by atoms with van der Waals surface area (Å²) >= 11 is 0. The van der Waals surface area contributed by atoms with E-state index >= 15 is 0 Å². The summed E-state index contributed by atoms with van der Waals surface area (Å²) < 4.78 is 5.17. The van der Waals surface area contributed by atoms with E-state index in [1.54, 1.807) is 7.11 Å². The fraction of sp³-hybridized carbons (Fsp3) is 0.733. The van der Waals surface area contributed by atoms with E-state index in [2.05, 4.69) is 48.3 Å². The predicted molar refractivity (Wildman–Crippen MR) is 84.5 cm³/mol. The van der Waals surface area contributed by atoms with Gasteiger partial charge in [-0.3, -0.25) is 0 Å². The molecule has 5 heteroatoms. The molecule has 0 spiro atoms. The van der Waals surface area contributed by atoms with Crippen molar-refractivity contribution in [2.45, 2.75) is 53.0 Å². The van der Waals surface area contributed by atoms with Gasteiger partial charge in [-0.1, -0.05) is 13.8 Å². The van der Waals surface area contributed by atoms with E-state index in [1.807, 2.05) is 0 Å². The van der Waals surface area contributed by atoms with E-state index in [1.165, 1.54) is 0 Å². The van der Waals surface area contributed by atoms with E-state index in [-0.39, 0.29) is 6.04 Å². The molecule has 0 fully saturated rings. The number of aryl methyl sites for hydroxylation is 1. The van der Waals surface area contributed by atoms with E-state index < -0.39 is 0 Å². The van der Waals surface area contributed by atoms with Gasteiger partial charge in [0.25, 0.3) is 0 Å². The third-order valence-corrected chi connectivity index (χ3v) is 3.01. The molecule has 0 amide bonds. The van der Waals surface area contributed by atoms with Gasteiger partial charge in [0.1, 0.15) is 17.5 Å². The highest BCUT2D eigenvalue weighted by atomic mass is 16.5. The van der Waals surface area contributed by atoms with Crippen LogP contribution in [-0.2, 0) is 11.2 Å². The van der Waals surface area contributed by atoms with Crippen molar-refractivity contribution in [2.24, 2.45) is 0 Å². The molecule has 0 aliphatic carbocycles. The molecule has 1 atom stereocenters. The third kappa shape index (κ3) is 4.96. The summed E-state index contributed by atoms with van der Waals surface area (Å²) in [6.45, 7) is 10.0. The normalized spacial score (nSPS) is 12.2. The maximum Gasteiger partial charge on any atom is 0.135 e. The molecule has 114 valence electrons. The van der Waals surface area contributed by atoms with Gasteiger partial charge >= 0.3 is 0 Å². The molecular weight excluding hydrogens is 252 g/mol. The largest absolute Gasteiger partial charge is 0.383 e. The number of nitrogens with one attached hydrogen (secondary N) is 2. The lowest BCUT2D eigenvalue weighted by Crippen LogP contribution is -2.23. The van der Waals surface area contributed by atoms with Crippen molar-refractivity contribution in [3.8, 4) is 0 Å². The van der Waals surface area contributed by atoms with Crippen LogP contribution in [0.15, 0.2) is 0 Å². The predicted octanol–water partition coefficient (Wildman–Crippen LogP) is 3.01. The number of hydrogen-bond acceptors (Lipinski definition) is 5. The molecule has 0 aliphatic rings. The molecule has 0 bridgehead atoms. The van der Waals surface area contributed by atoms with Gasteiger partial charge in [0.2, 0.25) is 0 Å². The standard InChI is InChI=1S/C15H28N4O/c1-6-8-13-18-14(16-9-7-2)12(4)15(19-13)17-11(3)10-20-5/h11H,6-10H2,1-5H3,(H2,16,17,18,19). The minimum atomic E-state index is 0.224. The molecule has 1 aromatic rings. The number of rotatable bonds is 9. The molecule has 5 nitrogen and oxygen atoms in total. The fourth-order valence-corrected chi connectivity index (χ4v) is 1.98. The van der Waals surface area contributed by atoms with E-state index in [0.29, 0.717) is 6.61 Å². The Labute approximate surface area is 122 Å². The van der Waals surface area contributed by atoms with Gasteiger partial charge in [0.15, 0.2) is 0 Å². The Morgan fingerprint density at radius 1 is 1.15 bits per heavy atom. The zero-order valence-corrected chi connectivity index (χ0v) is 13.4. The van der Waals surface area contributed by atoms with Gasteiger partial charge in [0, 0.05) is 31.7 Å². The van der Waals surface area contributed by atoms with Crippen molar-refractivity contribution in [3.63, 3.8) is 0 Å². The van der Waals surface area contributed by atoms with Crippen molar-refractivity contribution in [1.82, 2.24) is 9.97 Å². The Morgan fingerprint density at radius 3 is 2.45 bits per heavy atom. The first-order valence-electron chi connectivity index (χ1n) is 7.49. The molecule has 2 N–H and O–H groups in total. The highest BCUT2D eigenvalue weighted by molar-refractivity contribution is 5.57. The molecule has 1 unspecified atom stereocenters. The van der Waals surface area contributed by atoms with Crippen LogP contribution >= 0.6 is 0 Å². The minimum absolute atomic E-state index is 0.224. The monoisotopic (exact) mass is 280 g/mol. The second-order valence-corrected chi connectivity index (χ2v) is 5.14. The van der Waals surface area contributed by atoms with Crippen LogP contribution < -0.4 is 10.6 Å². The Hall–Kier alpha value is -1.36. The molecule has 0 saturated heterocycles. The van der Waals surface area contributed by atoms with Gasteiger partial charge < -0.3 is 15.4 Å². The second-order valence-electron chi connectivity index (χ2n) is 5.14. The van der Waals surface area contributed by atoms with Crippen molar-refractivity contribution in [2.75, 3.05) is 30.9 Å². The van der Waals surface area contributed by atoms with Crippen LogP contribution in [0.3, 0.4) is 0 Å². The summed E-state index contributed by atoms with van der Waals surface area (Å²) in [6.07, 6.45) is 3.02. The van der Waals surface area contributed by atoms with Crippen molar-refractivity contribution in [3.05, 3.63) is 11.4 Å². The molecule has 0 aromatic carbocycles. The van der Waals surface area contributed by atoms with Crippen molar-refractivity contribution < 1.29 is 4.74 Å². The summed E-state index contributed by atoms with van der Waals surface area (Å²) in [5, 5.41) is 6.80. The third-order valence-electron chi connectivity index (χ3n) is 3.01. The maximum atomic E-state index is 5.17. The molecule has 20 heavy (non-hydrogen) atoms. The molecule has 1 aromatic heterocycles. The quantitative estimate of drug-likeness (QED) is 0.728. The molecule has 0 radical (unpaired) electrons. The first-order chi connectivity index (χ1) is 9.62. The lowest BCUT2D eigenvalue weighted by Gasteiger charge is -2.18. The minimum Gasteiger partial charge on any atom is -0.383 e. The summed E-state index contributed by atoms with van der Waals surface area (Å²) in [5.41, 5.74) is 1.07. The van der Waals surface area contributed by atoms with E-state index in [9.17, 15) is 0 Å². The van der Waals surface area contributed by atoms with Gasteiger partial charge in [-0.2, -0.15) is 0 Å². The first-order valence-corrected chi connectivity index (χ1v) is 7.49. The van der Waals surface area contributed by atoms with Crippen molar-refractivity contribution in [1.29, 1.82) is 0 Å². The lowest BCUT2D eigenvalue weighted by atomic mass is 10.2. The van der Waals surface area contributed by atoms with Crippen LogP contribution in [-0.4, -0.2) is 36.3 Å². The average molecular weight is 280 g/mol. The summed E-state index contributed by atoms with van der Waals surface area (Å²) in [4.78, 5) is 9.26. The van der Waals surface area contributed by atoms with E-state index in [0.717, 1.165) is 48.8 Å². The maximum absolute atomic E-state index is 5.17. The molecule has 1 rings (SSSR count). The fourth-order valence-electron chi connectivity index (χ4n) is 1.98. The Kier molecular flexibility index (Phi) is 7.30. The van der Waals surface area contributed by atoms with Crippen LogP contribution in [0.2, 0.25) is 0 Å². The van der Waals surface area contributed by atoms with Crippen molar-refractivity contribution >= 4 is 11.6 Å². The Balaban J connectivity index is 2.97. The molecule has 0 saturated carbocycles. The van der Waals surface area contributed by atoms with Gasteiger partial charge in [-0.05, 0) is 26.7 Å². The Bertz CT molecular complexity index is 409. The zero-order chi connectivity index (χ0) is 15.0. The SMILES string of the molecule is CCCNc1nc(CCC)nc(NC(C)COC)c1C. The molecule has 1 heterocycles. The number of nitrogens with zero attached hydrogens (tertiary/aromatic N) is 2. The smallest absolute Gasteiger partial charge is 0.135 e. The molecule has 0 aliphatic heterocycles. The van der Waals surface area contributed by atoms with Gasteiger partial charge in [0.05, 0.1) is 6.61 Å².